The van der Waals surface area contributed by atoms with Gasteiger partial charge in [0.15, 0.2) is 6.29 Å². The van der Waals surface area contributed by atoms with Crippen LogP contribution in [0.1, 0.15) is 31.1 Å². The van der Waals surface area contributed by atoms with Crippen molar-refractivity contribution in [2.45, 2.75) is 31.7 Å². The molecule has 0 spiro atoms. The lowest BCUT2D eigenvalue weighted by Gasteiger charge is -2.20. The molecule has 1 aromatic carbocycles. The highest BCUT2D eigenvalue weighted by molar-refractivity contribution is 9.10. The summed E-state index contributed by atoms with van der Waals surface area (Å²) in [6.45, 7) is 3.35. The number of amides is 3. The predicted octanol–water partition coefficient (Wildman–Crippen LogP) is 1.09. The SMILES string of the molecule is COCC(COCNCCCOC(OCCCNC(=O)CCN1C(=O)C=CC1=O)c1ccccc1Br)OC.O. The Hall–Kier alpha value is -2.23. The molecule has 0 aromatic heterocycles. The Bertz CT molecular complexity index is 885. The van der Waals surface area contributed by atoms with Crippen molar-refractivity contribution in [2.24, 2.45) is 0 Å². The van der Waals surface area contributed by atoms with Crippen LogP contribution in [0.3, 0.4) is 0 Å². The van der Waals surface area contributed by atoms with E-state index in [2.05, 4.69) is 26.6 Å². The number of hydrogen-bond acceptors (Lipinski definition) is 9. The van der Waals surface area contributed by atoms with Crippen LogP contribution in [-0.2, 0) is 38.1 Å². The second kappa shape index (κ2) is 20.6. The van der Waals surface area contributed by atoms with E-state index in [0.29, 0.717) is 52.7 Å². The maximum absolute atomic E-state index is 12.0. The summed E-state index contributed by atoms with van der Waals surface area (Å²) in [5.74, 6) is -1.02. The van der Waals surface area contributed by atoms with Crippen molar-refractivity contribution in [3.8, 4) is 0 Å². The maximum atomic E-state index is 12.0. The topological polar surface area (TPSA) is 156 Å². The van der Waals surface area contributed by atoms with Gasteiger partial charge >= 0.3 is 0 Å². The molecule has 2 atom stereocenters. The van der Waals surface area contributed by atoms with Crippen LogP contribution in [-0.4, -0.2) is 101 Å². The van der Waals surface area contributed by atoms with Gasteiger partial charge in [-0.25, -0.2) is 0 Å². The number of rotatable bonds is 21. The quantitative estimate of drug-likeness (QED) is 0.117. The molecule has 12 nitrogen and oxygen atoms in total. The van der Waals surface area contributed by atoms with E-state index in [0.717, 1.165) is 21.4 Å². The van der Waals surface area contributed by atoms with Gasteiger partial charge in [0, 0.05) is 55.9 Å². The van der Waals surface area contributed by atoms with Crippen LogP contribution in [0.15, 0.2) is 40.9 Å². The summed E-state index contributed by atoms with van der Waals surface area (Å²) >= 11 is 3.55. The fraction of sp³-hybridized carbons (Fsp3) is 0.577. The molecule has 1 aromatic rings. The van der Waals surface area contributed by atoms with Gasteiger partial charge in [0.1, 0.15) is 6.10 Å². The van der Waals surface area contributed by atoms with Gasteiger partial charge < -0.3 is 34.5 Å². The molecular formula is C26H40BrN3O9. The summed E-state index contributed by atoms with van der Waals surface area (Å²) in [4.78, 5) is 36.2. The van der Waals surface area contributed by atoms with Crippen molar-refractivity contribution in [3.63, 3.8) is 0 Å². The Balaban J connectivity index is 0.00000760. The van der Waals surface area contributed by atoms with Crippen LogP contribution < -0.4 is 10.6 Å². The summed E-state index contributed by atoms with van der Waals surface area (Å²) in [6.07, 6.45) is 3.14. The summed E-state index contributed by atoms with van der Waals surface area (Å²) in [6, 6.07) is 7.70. The molecule has 39 heavy (non-hydrogen) atoms. The molecule has 0 aliphatic carbocycles. The number of nitrogens with one attached hydrogen (secondary N) is 2. The van der Waals surface area contributed by atoms with Gasteiger partial charge in [-0.1, -0.05) is 34.1 Å². The number of ether oxygens (including phenoxy) is 5. The monoisotopic (exact) mass is 617 g/mol. The number of benzene rings is 1. The second-order valence-electron chi connectivity index (χ2n) is 8.39. The van der Waals surface area contributed by atoms with Gasteiger partial charge in [-0.05, 0) is 25.5 Å². The van der Waals surface area contributed by atoms with Crippen LogP contribution >= 0.6 is 15.9 Å². The first-order valence-electron chi connectivity index (χ1n) is 12.5. The Labute approximate surface area is 237 Å². The molecule has 0 bridgehead atoms. The third-order valence-corrected chi connectivity index (χ3v) is 6.22. The minimum absolute atomic E-state index is 0. The van der Waals surface area contributed by atoms with Crippen molar-refractivity contribution in [1.29, 1.82) is 0 Å². The first-order valence-corrected chi connectivity index (χ1v) is 13.3. The average Bonchev–Trinajstić information content (AvgIpc) is 3.23. The van der Waals surface area contributed by atoms with E-state index >= 15 is 0 Å². The first kappa shape index (κ1) is 34.8. The summed E-state index contributed by atoms with van der Waals surface area (Å²) in [5.41, 5.74) is 0.880. The third-order valence-electron chi connectivity index (χ3n) is 5.50. The number of imide groups is 1. The summed E-state index contributed by atoms with van der Waals surface area (Å²) in [7, 11) is 3.25. The normalized spacial score (nSPS) is 14.4. The van der Waals surface area contributed by atoms with Crippen LogP contribution in [0.25, 0.3) is 0 Å². The minimum atomic E-state index is -0.561. The molecule has 0 saturated carbocycles. The highest BCUT2D eigenvalue weighted by atomic mass is 79.9. The van der Waals surface area contributed by atoms with Gasteiger partial charge in [0.2, 0.25) is 5.91 Å². The number of halogens is 1. The van der Waals surface area contributed by atoms with Crippen molar-refractivity contribution < 1.29 is 43.5 Å². The Morgan fingerprint density at radius 1 is 1.00 bits per heavy atom. The molecule has 1 aliphatic heterocycles. The van der Waals surface area contributed by atoms with E-state index < -0.39 is 18.1 Å². The van der Waals surface area contributed by atoms with E-state index in [1.807, 2.05) is 24.3 Å². The van der Waals surface area contributed by atoms with E-state index in [1.54, 1.807) is 14.2 Å². The van der Waals surface area contributed by atoms with Gasteiger partial charge in [-0.15, -0.1) is 0 Å². The number of carbonyl (C=O) groups excluding carboxylic acids is 3. The molecule has 4 N–H and O–H groups in total. The molecule has 2 unspecified atom stereocenters. The molecule has 1 aliphatic rings. The maximum Gasteiger partial charge on any atom is 0.253 e. The fourth-order valence-corrected chi connectivity index (χ4v) is 3.90. The Morgan fingerprint density at radius 3 is 2.31 bits per heavy atom. The zero-order valence-electron chi connectivity index (χ0n) is 22.5. The highest BCUT2D eigenvalue weighted by Gasteiger charge is 2.23. The lowest BCUT2D eigenvalue weighted by molar-refractivity contribution is -0.148. The number of hydrogen-bond donors (Lipinski definition) is 2. The van der Waals surface area contributed by atoms with E-state index in [9.17, 15) is 14.4 Å². The lowest BCUT2D eigenvalue weighted by Crippen LogP contribution is -2.35. The summed E-state index contributed by atoms with van der Waals surface area (Å²) in [5, 5.41) is 5.98. The van der Waals surface area contributed by atoms with Gasteiger partial charge in [0.05, 0.1) is 33.2 Å². The Kier molecular flexibility index (Phi) is 18.4. The molecule has 3 amide bonds. The average molecular weight is 619 g/mol. The highest BCUT2D eigenvalue weighted by Crippen LogP contribution is 2.27. The number of nitrogens with zero attached hydrogens (tertiary/aromatic N) is 1. The van der Waals surface area contributed by atoms with Gasteiger partial charge in [-0.2, -0.15) is 0 Å². The largest absolute Gasteiger partial charge is 0.412 e. The van der Waals surface area contributed by atoms with Crippen LogP contribution in [0, 0.1) is 0 Å². The zero-order chi connectivity index (χ0) is 27.6. The minimum Gasteiger partial charge on any atom is -0.412 e. The lowest BCUT2D eigenvalue weighted by atomic mass is 10.2. The predicted molar refractivity (Wildman–Crippen MR) is 147 cm³/mol. The van der Waals surface area contributed by atoms with E-state index in [4.69, 9.17) is 23.7 Å². The second-order valence-corrected chi connectivity index (χ2v) is 9.25. The first-order chi connectivity index (χ1) is 18.5. The zero-order valence-corrected chi connectivity index (χ0v) is 24.1. The molecule has 13 heteroatoms. The van der Waals surface area contributed by atoms with Crippen molar-refractivity contribution in [2.75, 3.05) is 67.0 Å². The number of carbonyl (C=O) groups is 3. The molecule has 0 fully saturated rings. The standard InChI is InChI=1S/C26H38BrN3O8.H2O/c1-34-17-20(35-2)18-36-19-28-12-5-15-37-26(21-7-3-4-8-22(21)27)38-16-6-13-29-23(31)11-14-30-24(32)9-10-25(30)33;/h3-4,7-10,20,26,28H,5-6,11-19H2,1-2H3,(H,29,31);1H2. The Morgan fingerprint density at radius 2 is 1.67 bits per heavy atom. The van der Waals surface area contributed by atoms with Crippen LogP contribution in [0.2, 0.25) is 0 Å². The van der Waals surface area contributed by atoms with Crippen molar-refractivity contribution in [3.05, 3.63) is 46.5 Å². The molecule has 1 heterocycles. The fourth-order valence-electron chi connectivity index (χ4n) is 3.43. The molecule has 220 valence electrons. The third kappa shape index (κ3) is 13.6. The van der Waals surface area contributed by atoms with Crippen LogP contribution in [0.5, 0.6) is 0 Å². The molecule has 2 rings (SSSR count). The van der Waals surface area contributed by atoms with E-state index in [-0.39, 0.29) is 30.5 Å². The van der Waals surface area contributed by atoms with E-state index in [1.165, 1.54) is 12.2 Å². The number of methoxy groups -OCH3 is 2. The van der Waals surface area contributed by atoms with Gasteiger partial charge in [-0.3, -0.25) is 24.6 Å². The molecule has 0 saturated heterocycles. The van der Waals surface area contributed by atoms with Crippen LogP contribution in [0.4, 0.5) is 0 Å². The smallest absolute Gasteiger partial charge is 0.253 e. The molecular weight excluding hydrogens is 578 g/mol. The van der Waals surface area contributed by atoms with Crippen molar-refractivity contribution >= 4 is 33.7 Å². The summed E-state index contributed by atoms with van der Waals surface area (Å²) < 4.78 is 28.7. The van der Waals surface area contributed by atoms with Gasteiger partial charge in [0.25, 0.3) is 11.8 Å². The van der Waals surface area contributed by atoms with Crippen molar-refractivity contribution in [1.82, 2.24) is 15.5 Å². The molecule has 0 radical (unpaired) electrons.